The molecule has 0 aliphatic carbocycles. The number of rotatable bonds is 9. The van der Waals surface area contributed by atoms with E-state index in [0.717, 1.165) is 11.3 Å². The van der Waals surface area contributed by atoms with Crippen LogP contribution in [0.1, 0.15) is 5.56 Å². The molecule has 0 spiro atoms. The normalized spacial score (nSPS) is 17.0. The van der Waals surface area contributed by atoms with Crippen molar-refractivity contribution in [3.8, 4) is 11.5 Å². The molecule has 0 bridgehead atoms. The summed E-state index contributed by atoms with van der Waals surface area (Å²) in [7, 11) is -1.73. The second kappa shape index (κ2) is 10.1. The molecule has 1 N–H and O–H groups in total. The van der Waals surface area contributed by atoms with E-state index in [1.807, 2.05) is 30.3 Å². The molecule has 0 radical (unpaired) electrons. The van der Waals surface area contributed by atoms with E-state index in [2.05, 4.69) is 4.90 Å². The summed E-state index contributed by atoms with van der Waals surface area (Å²) in [6.07, 6.45) is -0.649. The molecule has 1 unspecified atom stereocenters. The SMILES string of the molecule is COc1ccc(OCC(O)CN2CCN(S(=O)(=O)Cc3ccccc3)CC2)cc1. The largest absolute Gasteiger partial charge is 0.497 e. The maximum absolute atomic E-state index is 12.6. The summed E-state index contributed by atoms with van der Waals surface area (Å²) in [6, 6.07) is 16.4. The summed E-state index contributed by atoms with van der Waals surface area (Å²) in [6.45, 7) is 2.67. The van der Waals surface area contributed by atoms with Crippen molar-refractivity contribution in [1.29, 1.82) is 0 Å². The third-order valence-electron chi connectivity index (χ3n) is 4.89. The van der Waals surface area contributed by atoms with E-state index in [1.165, 1.54) is 4.31 Å². The first kappa shape index (κ1) is 21.6. The van der Waals surface area contributed by atoms with Crippen LogP contribution < -0.4 is 9.47 Å². The second-order valence-corrected chi connectivity index (χ2v) is 9.05. The Morgan fingerprint density at radius 2 is 1.59 bits per heavy atom. The fourth-order valence-electron chi connectivity index (χ4n) is 3.28. The number of β-amino-alcohol motifs (C(OH)–C–C–N with tert-alkyl or cyclic N) is 1. The quantitative estimate of drug-likeness (QED) is 0.664. The fourth-order valence-corrected chi connectivity index (χ4v) is 4.80. The number of nitrogens with zero attached hydrogens (tertiary/aromatic N) is 2. The molecule has 158 valence electrons. The van der Waals surface area contributed by atoms with Crippen molar-refractivity contribution in [3.05, 3.63) is 60.2 Å². The van der Waals surface area contributed by atoms with Crippen LogP contribution in [-0.2, 0) is 15.8 Å². The van der Waals surface area contributed by atoms with Crippen LogP contribution in [0.3, 0.4) is 0 Å². The standard InChI is InChI=1S/C21H28N2O5S/c1-27-20-7-9-21(10-8-20)28-16-19(24)15-22-11-13-23(14-12-22)29(25,26)17-18-5-3-2-4-6-18/h2-10,19,24H,11-17H2,1H3. The number of aliphatic hydroxyl groups is 1. The van der Waals surface area contributed by atoms with Gasteiger partial charge in [-0.15, -0.1) is 0 Å². The topological polar surface area (TPSA) is 79.3 Å². The van der Waals surface area contributed by atoms with Crippen LogP contribution in [0.4, 0.5) is 0 Å². The van der Waals surface area contributed by atoms with E-state index in [0.29, 0.717) is 38.5 Å². The van der Waals surface area contributed by atoms with Gasteiger partial charge in [-0.25, -0.2) is 8.42 Å². The Labute approximate surface area is 172 Å². The van der Waals surface area contributed by atoms with Gasteiger partial charge in [-0.1, -0.05) is 30.3 Å². The number of ether oxygens (including phenoxy) is 2. The highest BCUT2D eigenvalue weighted by Crippen LogP contribution is 2.17. The van der Waals surface area contributed by atoms with Gasteiger partial charge >= 0.3 is 0 Å². The molecular weight excluding hydrogens is 392 g/mol. The number of benzene rings is 2. The van der Waals surface area contributed by atoms with Gasteiger partial charge in [0.05, 0.1) is 12.9 Å². The molecule has 1 fully saturated rings. The summed E-state index contributed by atoms with van der Waals surface area (Å²) < 4.78 is 37.5. The van der Waals surface area contributed by atoms with Gasteiger partial charge in [-0.05, 0) is 29.8 Å². The average Bonchev–Trinajstić information content (AvgIpc) is 2.73. The van der Waals surface area contributed by atoms with Crippen LogP contribution >= 0.6 is 0 Å². The van der Waals surface area contributed by atoms with Crippen molar-refractivity contribution in [2.75, 3.05) is 46.4 Å². The highest BCUT2D eigenvalue weighted by Gasteiger charge is 2.27. The summed E-state index contributed by atoms with van der Waals surface area (Å²) in [4.78, 5) is 2.07. The Balaban J connectivity index is 1.41. The minimum absolute atomic E-state index is 0.0200. The number of sulfonamides is 1. The van der Waals surface area contributed by atoms with Crippen molar-refractivity contribution in [3.63, 3.8) is 0 Å². The predicted octanol–water partition coefficient (Wildman–Crippen LogP) is 1.58. The third kappa shape index (κ3) is 6.43. The molecule has 2 aromatic carbocycles. The van der Waals surface area contributed by atoms with Crippen molar-refractivity contribution < 1.29 is 23.0 Å². The van der Waals surface area contributed by atoms with Gasteiger partial charge in [0.25, 0.3) is 0 Å². The molecule has 1 atom stereocenters. The predicted molar refractivity (Wildman–Crippen MR) is 112 cm³/mol. The van der Waals surface area contributed by atoms with Gasteiger partial charge in [-0.3, -0.25) is 4.90 Å². The number of methoxy groups -OCH3 is 1. The second-order valence-electron chi connectivity index (χ2n) is 7.08. The molecular formula is C21H28N2O5S. The summed E-state index contributed by atoms with van der Waals surface area (Å²) in [5.74, 6) is 1.44. The van der Waals surface area contributed by atoms with Gasteiger partial charge in [0.15, 0.2) is 0 Å². The van der Waals surface area contributed by atoms with Gasteiger partial charge in [0.1, 0.15) is 24.2 Å². The Morgan fingerprint density at radius 3 is 2.21 bits per heavy atom. The molecule has 1 saturated heterocycles. The third-order valence-corrected chi connectivity index (χ3v) is 6.74. The van der Waals surface area contributed by atoms with Crippen LogP contribution in [0.25, 0.3) is 0 Å². The lowest BCUT2D eigenvalue weighted by molar-refractivity contribution is 0.0569. The zero-order chi connectivity index (χ0) is 20.7. The van der Waals surface area contributed by atoms with E-state index < -0.39 is 16.1 Å². The van der Waals surface area contributed by atoms with Crippen LogP contribution in [0.5, 0.6) is 11.5 Å². The van der Waals surface area contributed by atoms with E-state index in [-0.39, 0.29) is 12.4 Å². The molecule has 7 nitrogen and oxygen atoms in total. The molecule has 8 heteroatoms. The maximum Gasteiger partial charge on any atom is 0.218 e. The van der Waals surface area contributed by atoms with Crippen molar-refractivity contribution >= 4 is 10.0 Å². The fraction of sp³-hybridized carbons (Fsp3) is 0.429. The van der Waals surface area contributed by atoms with Crippen LogP contribution in [0.15, 0.2) is 54.6 Å². The zero-order valence-corrected chi connectivity index (χ0v) is 17.4. The number of piperazine rings is 1. The van der Waals surface area contributed by atoms with E-state index in [9.17, 15) is 13.5 Å². The smallest absolute Gasteiger partial charge is 0.218 e. The Bertz CT molecular complexity index is 850. The molecule has 1 heterocycles. The molecule has 1 aliphatic heterocycles. The van der Waals surface area contributed by atoms with Crippen molar-refractivity contribution in [2.45, 2.75) is 11.9 Å². The van der Waals surface area contributed by atoms with Gasteiger partial charge < -0.3 is 14.6 Å². The first-order valence-electron chi connectivity index (χ1n) is 9.65. The lowest BCUT2D eigenvalue weighted by Crippen LogP contribution is -2.51. The van der Waals surface area contributed by atoms with Crippen molar-refractivity contribution in [2.24, 2.45) is 0 Å². The number of hydrogen-bond acceptors (Lipinski definition) is 6. The lowest BCUT2D eigenvalue weighted by atomic mass is 10.2. The molecule has 1 aliphatic rings. The molecule has 3 rings (SSSR count). The Kier molecular flexibility index (Phi) is 7.49. The molecule has 0 saturated carbocycles. The number of aliphatic hydroxyl groups excluding tert-OH is 1. The molecule has 29 heavy (non-hydrogen) atoms. The average molecular weight is 421 g/mol. The maximum atomic E-state index is 12.6. The highest BCUT2D eigenvalue weighted by atomic mass is 32.2. The van der Waals surface area contributed by atoms with Gasteiger partial charge in [0, 0.05) is 32.7 Å². The summed E-state index contributed by atoms with van der Waals surface area (Å²) in [5, 5.41) is 10.3. The monoisotopic (exact) mass is 420 g/mol. The first-order valence-corrected chi connectivity index (χ1v) is 11.3. The van der Waals surface area contributed by atoms with Crippen LogP contribution in [0, 0.1) is 0 Å². The van der Waals surface area contributed by atoms with Gasteiger partial charge in [0.2, 0.25) is 10.0 Å². The van der Waals surface area contributed by atoms with Gasteiger partial charge in [-0.2, -0.15) is 4.31 Å². The molecule has 2 aromatic rings. The Hall–Kier alpha value is -2.13. The minimum atomic E-state index is -3.33. The summed E-state index contributed by atoms with van der Waals surface area (Å²) >= 11 is 0. The summed E-state index contributed by atoms with van der Waals surface area (Å²) in [5.41, 5.74) is 0.793. The Morgan fingerprint density at radius 1 is 0.966 bits per heavy atom. The van der Waals surface area contributed by atoms with E-state index >= 15 is 0 Å². The van der Waals surface area contributed by atoms with E-state index in [4.69, 9.17) is 9.47 Å². The van der Waals surface area contributed by atoms with E-state index in [1.54, 1.807) is 31.4 Å². The molecule has 0 amide bonds. The zero-order valence-electron chi connectivity index (χ0n) is 16.6. The minimum Gasteiger partial charge on any atom is -0.497 e. The van der Waals surface area contributed by atoms with Crippen LogP contribution in [-0.4, -0.2) is 75.3 Å². The molecule has 0 aromatic heterocycles. The lowest BCUT2D eigenvalue weighted by Gasteiger charge is -2.34. The van der Waals surface area contributed by atoms with Crippen LogP contribution in [0.2, 0.25) is 0 Å². The first-order chi connectivity index (χ1) is 14.0. The number of hydrogen-bond donors (Lipinski definition) is 1. The van der Waals surface area contributed by atoms with Crippen molar-refractivity contribution in [1.82, 2.24) is 9.21 Å². The highest BCUT2D eigenvalue weighted by molar-refractivity contribution is 7.88.